The number of hydrogen-bond donors (Lipinski definition) is 1. The van der Waals surface area contributed by atoms with Gasteiger partial charge >= 0.3 is 12.1 Å². The normalized spacial score (nSPS) is 11.0. The van der Waals surface area contributed by atoms with Gasteiger partial charge < -0.3 is 5.11 Å². The average molecular weight is 292 g/mol. The van der Waals surface area contributed by atoms with E-state index < -0.39 is 23.3 Å². The SMILES string of the molecule is N#Cc1c(-c2ccc(C(=O)O)cc2)cncc1C(F)(F)F. The first-order valence-corrected chi connectivity index (χ1v) is 5.63. The third kappa shape index (κ3) is 2.84. The van der Waals surface area contributed by atoms with Gasteiger partial charge in [-0.25, -0.2) is 4.79 Å². The van der Waals surface area contributed by atoms with Gasteiger partial charge in [-0.1, -0.05) is 12.1 Å². The molecule has 2 rings (SSSR count). The van der Waals surface area contributed by atoms with Crippen molar-refractivity contribution in [1.82, 2.24) is 4.98 Å². The number of carboxylic acids is 1. The molecule has 0 aliphatic rings. The van der Waals surface area contributed by atoms with Gasteiger partial charge in [0.05, 0.1) is 16.7 Å². The Kier molecular flexibility index (Phi) is 3.63. The maximum Gasteiger partial charge on any atom is 0.419 e. The zero-order valence-electron chi connectivity index (χ0n) is 10.3. The van der Waals surface area contributed by atoms with Crippen LogP contribution in [0.25, 0.3) is 11.1 Å². The molecule has 0 atom stereocenters. The zero-order chi connectivity index (χ0) is 15.6. The smallest absolute Gasteiger partial charge is 0.419 e. The van der Waals surface area contributed by atoms with E-state index in [0.717, 1.165) is 6.20 Å². The number of halogens is 3. The molecule has 0 aliphatic carbocycles. The van der Waals surface area contributed by atoms with Crippen LogP contribution in [0, 0.1) is 11.3 Å². The topological polar surface area (TPSA) is 74.0 Å². The lowest BCUT2D eigenvalue weighted by molar-refractivity contribution is -0.138. The quantitative estimate of drug-likeness (QED) is 0.921. The van der Waals surface area contributed by atoms with E-state index in [2.05, 4.69) is 4.98 Å². The van der Waals surface area contributed by atoms with Gasteiger partial charge in [-0.15, -0.1) is 0 Å². The Morgan fingerprint density at radius 2 is 1.81 bits per heavy atom. The summed E-state index contributed by atoms with van der Waals surface area (Å²) in [7, 11) is 0. The number of alkyl halides is 3. The Labute approximate surface area is 117 Å². The van der Waals surface area contributed by atoms with Gasteiger partial charge in [0, 0.05) is 18.0 Å². The molecule has 0 radical (unpaired) electrons. The summed E-state index contributed by atoms with van der Waals surface area (Å²) in [5.74, 6) is -1.15. The summed E-state index contributed by atoms with van der Waals surface area (Å²) >= 11 is 0. The molecule has 1 N–H and O–H groups in total. The van der Waals surface area contributed by atoms with E-state index in [1.54, 1.807) is 0 Å². The minimum Gasteiger partial charge on any atom is -0.478 e. The van der Waals surface area contributed by atoms with Gasteiger partial charge in [0.1, 0.15) is 6.07 Å². The number of aromatic nitrogens is 1. The fraction of sp³-hybridized carbons (Fsp3) is 0.0714. The van der Waals surface area contributed by atoms with E-state index in [1.807, 2.05) is 0 Å². The summed E-state index contributed by atoms with van der Waals surface area (Å²) in [6.45, 7) is 0. The van der Waals surface area contributed by atoms with Crippen LogP contribution in [0.5, 0.6) is 0 Å². The Morgan fingerprint density at radius 1 is 1.19 bits per heavy atom. The molecule has 0 unspecified atom stereocenters. The molecule has 0 spiro atoms. The highest BCUT2D eigenvalue weighted by Gasteiger charge is 2.35. The van der Waals surface area contributed by atoms with Gasteiger partial charge in [0.15, 0.2) is 0 Å². The molecule has 1 aromatic carbocycles. The third-order valence-corrected chi connectivity index (χ3v) is 2.81. The number of aromatic carboxylic acids is 1. The van der Waals surface area contributed by atoms with E-state index in [0.29, 0.717) is 6.20 Å². The lowest BCUT2D eigenvalue weighted by atomic mass is 9.98. The van der Waals surface area contributed by atoms with Crippen LogP contribution >= 0.6 is 0 Å². The molecular weight excluding hydrogens is 285 g/mol. The maximum atomic E-state index is 12.8. The summed E-state index contributed by atoms with van der Waals surface area (Å²) in [4.78, 5) is 14.3. The van der Waals surface area contributed by atoms with Gasteiger partial charge in [0.2, 0.25) is 0 Å². The first-order chi connectivity index (χ1) is 9.84. The van der Waals surface area contributed by atoms with Crippen LogP contribution in [0.2, 0.25) is 0 Å². The number of benzene rings is 1. The second kappa shape index (κ2) is 5.25. The van der Waals surface area contributed by atoms with Gasteiger partial charge in [-0.2, -0.15) is 18.4 Å². The standard InChI is InChI=1S/C14H7F3N2O2/c15-14(16,17)12-7-19-6-11(10(12)5-18)8-1-3-9(4-2-8)13(20)21/h1-4,6-7H,(H,20,21). The average Bonchev–Trinajstić information content (AvgIpc) is 2.45. The van der Waals surface area contributed by atoms with Gasteiger partial charge in [0.25, 0.3) is 0 Å². The number of pyridine rings is 1. The van der Waals surface area contributed by atoms with Gasteiger partial charge in [-0.3, -0.25) is 4.98 Å². The van der Waals surface area contributed by atoms with Crippen molar-refractivity contribution in [2.45, 2.75) is 6.18 Å². The van der Waals surface area contributed by atoms with Gasteiger partial charge in [-0.05, 0) is 17.7 Å². The molecule has 0 fully saturated rings. The highest BCUT2D eigenvalue weighted by molar-refractivity contribution is 5.88. The highest BCUT2D eigenvalue weighted by atomic mass is 19.4. The zero-order valence-corrected chi connectivity index (χ0v) is 10.3. The van der Waals surface area contributed by atoms with E-state index in [1.165, 1.54) is 30.3 Å². The van der Waals surface area contributed by atoms with Crippen molar-refractivity contribution >= 4 is 5.97 Å². The fourth-order valence-electron chi connectivity index (χ4n) is 1.81. The molecule has 4 nitrogen and oxygen atoms in total. The molecule has 21 heavy (non-hydrogen) atoms. The van der Waals surface area contributed by atoms with Crippen molar-refractivity contribution in [3.63, 3.8) is 0 Å². The summed E-state index contributed by atoms with van der Waals surface area (Å²) < 4.78 is 38.5. The summed E-state index contributed by atoms with van der Waals surface area (Å²) in [6.07, 6.45) is -2.95. The van der Waals surface area contributed by atoms with E-state index in [-0.39, 0.29) is 16.7 Å². The fourth-order valence-corrected chi connectivity index (χ4v) is 1.81. The van der Waals surface area contributed by atoms with Crippen molar-refractivity contribution in [2.24, 2.45) is 0 Å². The minimum atomic E-state index is -4.69. The highest BCUT2D eigenvalue weighted by Crippen LogP contribution is 2.35. The monoisotopic (exact) mass is 292 g/mol. The van der Waals surface area contributed by atoms with Crippen molar-refractivity contribution in [3.8, 4) is 17.2 Å². The van der Waals surface area contributed by atoms with Crippen LogP contribution in [0.3, 0.4) is 0 Å². The lowest BCUT2D eigenvalue weighted by Crippen LogP contribution is -2.09. The van der Waals surface area contributed by atoms with Crippen molar-refractivity contribution in [2.75, 3.05) is 0 Å². The Bertz CT molecular complexity index is 731. The summed E-state index contributed by atoms with van der Waals surface area (Å²) in [6, 6.07) is 6.70. The summed E-state index contributed by atoms with van der Waals surface area (Å²) in [5.41, 5.74) is -1.37. The van der Waals surface area contributed by atoms with E-state index in [4.69, 9.17) is 10.4 Å². The minimum absolute atomic E-state index is 0.00260. The van der Waals surface area contributed by atoms with E-state index >= 15 is 0 Å². The molecule has 2 aromatic rings. The molecule has 0 amide bonds. The molecule has 0 saturated heterocycles. The number of hydrogen-bond acceptors (Lipinski definition) is 3. The molecule has 106 valence electrons. The Balaban J connectivity index is 2.60. The van der Waals surface area contributed by atoms with Crippen LogP contribution < -0.4 is 0 Å². The second-order valence-corrected chi connectivity index (χ2v) is 4.10. The number of carbonyl (C=O) groups is 1. The van der Waals surface area contributed by atoms with Crippen molar-refractivity contribution in [1.29, 1.82) is 5.26 Å². The van der Waals surface area contributed by atoms with Crippen LogP contribution in [-0.4, -0.2) is 16.1 Å². The third-order valence-electron chi connectivity index (χ3n) is 2.81. The lowest BCUT2D eigenvalue weighted by Gasteiger charge is -2.11. The summed E-state index contributed by atoms with van der Waals surface area (Å²) in [5, 5.41) is 17.8. The Hall–Kier alpha value is -2.88. The van der Waals surface area contributed by atoms with Crippen LogP contribution in [0.4, 0.5) is 13.2 Å². The predicted molar refractivity (Wildman–Crippen MR) is 66.3 cm³/mol. The van der Waals surface area contributed by atoms with Crippen LogP contribution in [0.1, 0.15) is 21.5 Å². The molecule has 7 heteroatoms. The molecule has 1 aromatic heterocycles. The molecule has 1 heterocycles. The van der Waals surface area contributed by atoms with Crippen molar-refractivity contribution in [3.05, 3.63) is 53.3 Å². The molecule has 0 saturated carbocycles. The number of nitriles is 1. The van der Waals surface area contributed by atoms with Crippen LogP contribution in [0.15, 0.2) is 36.7 Å². The van der Waals surface area contributed by atoms with Crippen LogP contribution in [-0.2, 0) is 6.18 Å². The predicted octanol–water partition coefficient (Wildman–Crippen LogP) is 3.34. The first kappa shape index (κ1) is 14.5. The number of carboxylic acid groups (broad SMARTS) is 1. The maximum absolute atomic E-state index is 12.8. The van der Waals surface area contributed by atoms with E-state index in [9.17, 15) is 18.0 Å². The molecular formula is C14H7F3N2O2. The number of rotatable bonds is 2. The number of nitrogens with zero attached hydrogens (tertiary/aromatic N) is 2. The Morgan fingerprint density at radius 3 is 2.29 bits per heavy atom. The second-order valence-electron chi connectivity index (χ2n) is 4.10. The largest absolute Gasteiger partial charge is 0.478 e. The first-order valence-electron chi connectivity index (χ1n) is 5.63. The van der Waals surface area contributed by atoms with Crippen molar-refractivity contribution < 1.29 is 23.1 Å². The molecule has 0 bridgehead atoms. The molecule has 0 aliphatic heterocycles.